The SMILES string of the molecule is CCN(CCOc1ccccc1CN)CC1CCCO1. The Bertz CT molecular complexity index is 392. The molecule has 0 aliphatic carbocycles. The predicted molar refractivity (Wildman–Crippen MR) is 80.9 cm³/mol. The van der Waals surface area contributed by atoms with E-state index in [-0.39, 0.29) is 0 Å². The molecule has 1 unspecified atom stereocenters. The third kappa shape index (κ3) is 4.47. The summed E-state index contributed by atoms with van der Waals surface area (Å²) in [6.07, 6.45) is 2.79. The Kier molecular flexibility index (Phi) is 6.30. The lowest BCUT2D eigenvalue weighted by Crippen LogP contribution is -2.35. The highest BCUT2D eigenvalue weighted by molar-refractivity contribution is 5.32. The number of hydrogen-bond acceptors (Lipinski definition) is 4. The number of likely N-dealkylation sites (N-methyl/N-ethyl adjacent to an activating group) is 1. The molecule has 0 radical (unpaired) electrons. The Morgan fingerprint density at radius 2 is 2.25 bits per heavy atom. The van der Waals surface area contributed by atoms with Gasteiger partial charge in [-0.25, -0.2) is 0 Å². The summed E-state index contributed by atoms with van der Waals surface area (Å²) >= 11 is 0. The largest absolute Gasteiger partial charge is 0.492 e. The lowest BCUT2D eigenvalue weighted by Gasteiger charge is -2.23. The molecule has 1 aromatic rings. The van der Waals surface area contributed by atoms with Crippen molar-refractivity contribution < 1.29 is 9.47 Å². The van der Waals surface area contributed by atoms with Crippen LogP contribution in [0.2, 0.25) is 0 Å². The average molecular weight is 278 g/mol. The van der Waals surface area contributed by atoms with Crippen molar-refractivity contribution in [2.24, 2.45) is 5.73 Å². The first kappa shape index (κ1) is 15.3. The maximum Gasteiger partial charge on any atom is 0.123 e. The quantitative estimate of drug-likeness (QED) is 0.790. The molecule has 1 atom stereocenters. The summed E-state index contributed by atoms with van der Waals surface area (Å²) < 4.78 is 11.5. The van der Waals surface area contributed by atoms with Gasteiger partial charge in [0.25, 0.3) is 0 Å². The fourth-order valence-electron chi connectivity index (χ4n) is 2.55. The van der Waals surface area contributed by atoms with E-state index in [1.54, 1.807) is 0 Å². The van der Waals surface area contributed by atoms with Crippen LogP contribution < -0.4 is 10.5 Å². The van der Waals surface area contributed by atoms with Crippen LogP contribution >= 0.6 is 0 Å². The molecule has 0 aromatic heterocycles. The average Bonchev–Trinajstić information content (AvgIpc) is 2.99. The van der Waals surface area contributed by atoms with Gasteiger partial charge >= 0.3 is 0 Å². The van der Waals surface area contributed by atoms with Crippen LogP contribution in [0.3, 0.4) is 0 Å². The van der Waals surface area contributed by atoms with Gasteiger partial charge in [-0.2, -0.15) is 0 Å². The van der Waals surface area contributed by atoms with Gasteiger partial charge in [0.2, 0.25) is 0 Å². The van der Waals surface area contributed by atoms with Crippen molar-refractivity contribution in [2.45, 2.75) is 32.4 Å². The highest BCUT2D eigenvalue weighted by Gasteiger charge is 2.18. The van der Waals surface area contributed by atoms with Crippen molar-refractivity contribution in [3.05, 3.63) is 29.8 Å². The van der Waals surface area contributed by atoms with Gasteiger partial charge in [-0.1, -0.05) is 25.1 Å². The number of para-hydroxylation sites is 1. The number of ether oxygens (including phenoxy) is 2. The molecule has 2 N–H and O–H groups in total. The molecule has 2 rings (SSSR count). The summed E-state index contributed by atoms with van der Waals surface area (Å²) in [4.78, 5) is 2.39. The van der Waals surface area contributed by atoms with Crippen LogP contribution in [0.4, 0.5) is 0 Å². The van der Waals surface area contributed by atoms with Crippen molar-refractivity contribution >= 4 is 0 Å². The van der Waals surface area contributed by atoms with Crippen LogP contribution in [0.15, 0.2) is 24.3 Å². The first-order valence-electron chi connectivity index (χ1n) is 7.58. The molecule has 1 aliphatic heterocycles. The minimum atomic E-state index is 0.409. The molecule has 1 aliphatic rings. The zero-order valence-electron chi connectivity index (χ0n) is 12.4. The minimum absolute atomic E-state index is 0.409. The van der Waals surface area contributed by atoms with Crippen LogP contribution in [0.5, 0.6) is 5.75 Å². The van der Waals surface area contributed by atoms with Crippen LogP contribution in [0.25, 0.3) is 0 Å². The highest BCUT2D eigenvalue weighted by atomic mass is 16.5. The molecule has 20 heavy (non-hydrogen) atoms. The molecule has 0 saturated carbocycles. The Labute approximate surface area is 121 Å². The lowest BCUT2D eigenvalue weighted by molar-refractivity contribution is 0.0700. The lowest BCUT2D eigenvalue weighted by atomic mass is 10.2. The van der Waals surface area contributed by atoms with Crippen LogP contribution in [-0.2, 0) is 11.3 Å². The van der Waals surface area contributed by atoms with E-state index in [1.807, 2.05) is 24.3 Å². The third-order valence-corrected chi connectivity index (χ3v) is 3.79. The standard InChI is InChI=1S/C16H26N2O2/c1-2-18(13-15-7-5-10-19-15)9-11-20-16-8-4-3-6-14(16)12-17/h3-4,6,8,15H,2,5,7,9-13,17H2,1H3. The zero-order valence-corrected chi connectivity index (χ0v) is 12.4. The monoisotopic (exact) mass is 278 g/mol. The normalized spacial score (nSPS) is 18.6. The molecule has 4 heteroatoms. The molecule has 1 heterocycles. The van der Waals surface area contributed by atoms with Gasteiger partial charge < -0.3 is 15.2 Å². The van der Waals surface area contributed by atoms with Crippen molar-refractivity contribution in [3.63, 3.8) is 0 Å². The van der Waals surface area contributed by atoms with Crippen molar-refractivity contribution in [1.29, 1.82) is 0 Å². The minimum Gasteiger partial charge on any atom is -0.492 e. The smallest absolute Gasteiger partial charge is 0.123 e. The maximum atomic E-state index is 5.86. The van der Waals surface area contributed by atoms with E-state index in [0.717, 1.165) is 37.6 Å². The van der Waals surface area contributed by atoms with Gasteiger partial charge in [0.05, 0.1) is 6.10 Å². The summed E-state index contributed by atoms with van der Waals surface area (Å²) in [5.41, 5.74) is 6.77. The van der Waals surface area contributed by atoms with Gasteiger partial charge in [0.15, 0.2) is 0 Å². The van der Waals surface area contributed by atoms with E-state index in [9.17, 15) is 0 Å². The Morgan fingerprint density at radius 3 is 2.95 bits per heavy atom. The third-order valence-electron chi connectivity index (χ3n) is 3.79. The van der Waals surface area contributed by atoms with Crippen LogP contribution in [-0.4, -0.2) is 43.9 Å². The summed E-state index contributed by atoms with van der Waals surface area (Å²) in [5, 5.41) is 0. The van der Waals surface area contributed by atoms with Crippen molar-refractivity contribution in [2.75, 3.05) is 32.8 Å². The maximum absolute atomic E-state index is 5.86. The number of rotatable bonds is 8. The molecule has 1 fully saturated rings. The zero-order chi connectivity index (χ0) is 14.2. The second kappa shape index (κ2) is 8.25. The summed E-state index contributed by atoms with van der Waals surface area (Å²) in [6.45, 7) is 7.28. The van der Waals surface area contributed by atoms with E-state index >= 15 is 0 Å². The molecule has 112 valence electrons. The van der Waals surface area contributed by atoms with E-state index in [4.69, 9.17) is 15.2 Å². The Hall–Kier alpha value is -1.10. The number of nitrogens with zero attached hydrogens (tertiary/aromatic N) is 1. The molecular formula is C16H26N2O2. The Morgan fingerprint density at radius 1 is 1.40 bits per heavy atom. The molecule has 0 amide bonds. The molecular weight excluding hydrogens is 252 g/mol. The fourth-order valence-corrected chi connectivity index (χ4v) is 2.55. The Balaban J connectivity index is 1.75. The fraction of sp³-hybridized carbons (Fsp3) is 0.625. The van der Waals surface area contributed by atoms with E-state index in [1.165, 1.54) is 12.8 Å². The van der Waals surface area contributed by atoms with Gasteiger partial charge in [0, 0.05) is 31.8 Å². The highest BCUT2D eigenvalue weighted by Crippen LogP contribution is 2.17. The number of nitrogens with two attached hydrogens (primary N) is 1. The molecule has 1 aromatic carbocycles. The predicted octanol–water partition coefficient (Wildman–Crippen LogP) is 2.02. The summed E-state index contributed by atoms with van der Waals surface area (Å²) in [7, 11) is 0. The van der Waals surface area contributed by atoms with E-state index in [0.29, 0.717) is 19.3 Å². The van der Waals surface area contributed by atoms with Gasteiger partial charge in [-0.3, -0.25) is 4.90 Å². The van der Waals surface area contributed by atoms with Gasteiger partial charge in [-0.05, 0) is 25.5 Å². The van der Waals surface area contributed by atoms with Crippen molar-refractivity contribution in [1.82, 2.24) is 4.90 Å². The number of benzene rings is 1. The topological polar surface area (TPSA) is 47.7 Å². The second-order valence-electron chi connectivity index (χ2n) is 5.19. The summed E-state index contributed by atoms with van der Waals surface area (Å²) in [5.74, 6) is 0.906. The molecule has 1 saturated heterocycles. The summed E-state index contributed by atoms with van der Waals surface area (Å²) in [6, 6.07) is 7.97. The van der Waals surface area contributed by atoms with E-state index in [2.05, 4.69) is 11.8 Å². The van der Waals surface area contributed by atoms with Gasteiger partial charge in [-0.15, -0.1) is 0 Å². The van der Waals surface area contributed by atoms with Gasteiger partial charge in [0.1, 0.15) is 12.4 Å². The molecule has 0 bridgehead atoms. The van der Waals surface area contributed by atoms with E-state index < -0.39 is 0 Å². The first-order chi connectivity index (χ1) is 9.83. The van der Waals surface area contributed by atoms with Crippen molar-refractivity contribution in [3.8, 4) is 5.75 Å². The first-order valence-corrected chi connectivity index (χ1v) is 7.58. The number of hydrogen-bond donors (Lipinski definition) is 1. The molecule has 0 spiro atoms. The van der Waals surface area contributed by atoms with Crippen LogP contribution in [0, 0.1) is 0 Å². The van der Waals surface area contributed by atoms with Crippen LogP contribution in [0.1, 0.15) is 25.3 Å². The molecule has 4 nitrogen and oxygen atoms in total. The second-order valence-corrected chi connectivity index (χ2v) is 5.19.